The van der Waals surface area contributed by atoms with Crippen LogP contribution in [0.3, 0.4) is 0 Å². The van der Waals surface area contributed by atoms with Gasteiger partial charge in [0.1, 0.15) is 0 Å². The van der Waals surface area contributed by atoms with Crippen molar-refractivity contribution in [2.24, 2.45) is 0 Å². The van der Waals surface area contributed by atoms with Gasteiger partial charge >= 0.3 is 5.97 Å². The molecule has 112 valence electrons. The maximum Gasteiger partial charge on any atom is 0.337 e. The number of aromatic carboxylic acids is 1. The highest BCUT2D eigenvalue weighted by Gasteiger charge is 2.21. The van der Waals surface area contributed by atoms with Crippen molar-refractivity contribution in [3.05, 3.63) is 23.8 Å². The number of carboxylic acids is 1. The predicted octanol–water partition coefficient (Wildman–Crippen LogP) is 0.672. The van der Waals surface area contributed by atoms with Gasteiger partial charge in [0.15, 0.2) is 0 Å². The van der Waals surface area contributed by atoms with E-state index >= 15 is 0 Å². The van der Waals surface area contributed by atoms with Gasteiger partial charge in [-0.25, -0.2) is 17.9 Å². The molecule has 0 amide bonds. The fourth-order valence-corrected chi connectivity index (χ4v) is 2.80. The Labute approximate surface area is 117 Å². The Morgan fingerprint density at radius 1 is 1.45 bits per heavy atom. The van der Waals surface area contributed by atoms with Crippen LogP contribution in [0.5, 0.6) is 0 Å². The smallest absolute Gasteiger partial charge is 0.337 e. The summed E-state index contributed by atoms with van der Waals surface area (Å²) in [5.41, 5.74) is 5.32. The molecule has 0 unspecified atom stereocenters. The van der Waals surface area contributed by atoms with E-state index in [1.54, 1.807) is 0 Å². The summed E-state index contributed by atoms with van der Waals surface area (Å²) >= 11 is 0. The third-order valence-corrected chi connectivity index (χ3v) is 4.00. The van der Waals surface area contributed by atoms with Gasteiger partial charge in [-0.05, 0) is 31.5 Å². The van der Waals surface area contributed by atoms with E-state index in [-0.39, 0.29) is 22.7 Å². The van der Waals surface area contributed by atoms with Crippen molar-refractivity contribution in [2.45, 2.75) is 18.2 Å². The molecule has 0 aliphatic heterocycles. The van der Waals surface area contributed by atoms with Gasteiger partial charge in [-0.15, -0.1) is 0 Å². The summed E-state index contributed by atoms with van der Waals surface area (Å²) in [5, 5.41) is 9.03. The first-order valence-electron chi connectivity index (χ1n) is 6.08. The van der Waals surface area contributed by atoms with E-state index in [0.29, 0.717) is 19.6 Å². The fourth-order valence-electron chi connectivity index (χ4n) is 1.55. The molecular formula is C12H18N2O5S. The molecule has 0 bridgehead atoms. The van der Waals surface area contributed by atoms with Crippen LogP contribution in [0.1, 0.15) is 23.7 Å². The minimum Gasteiger partial charge on any atom is -0.478 e. The summed E-state index contributed by atoms with van der Waals surface area (Å²) in [6, 6.07) is 3.65. The number of sulfonamides is 1. The minimum atomic E-state index is -3.88. The van der Waals surface area contributed by atoms with Crippen LogP contribution in [-0.4, -0.2) is 39.3 Å². The molecule has 0 radical (unpaired) electrons. The second kappa shape index (κ2) is 7.22. The zero-order valence-electron chi connectivity index (χ0n) is 11.1. The van der Waals surface area contributed by atoms with E-state index in [1.807, 2.05) is 6.92 Å². The van der Waals surface area contributed by atoms with Crippen molar-refractivity contribution in [3.8, 4) is 0 Å². The number of hydrogen-bond acceptors (Lipinski definition) is 5. The number of nitrogens with one attached hydrogen (secondary N) is 1. The van der Waals surface area contributed by atoms with Crippen LogP contribution in [0.25, 0.3) is 0 Å². The number of rotatable bonds is 8. The van der Waals surface area contributed by atoms with E-state index in [1.165, 1.54) is 12.1 Å². The largest absolute Gasteiger partial charge is 0.478 e. The summed E-state index contributed by atoms with van der Waals surface area (Å²) in [7, 11) is -3.88. The summed E-state index contributed by atoms with van der Waals surface area (Å²) < 4.78 is 31.5. The van der Waals surface area contributed by atoms with Crippen molar-refractivity contribution >= 4 is 21.7 Å². The Hall–Kier alpha value is -1.64. The SMILES string of the molecule is CCOCCCNS(=O)(=O)c1ccc(N)cc1C(=O)O. The van der Waals surface area contributed by atoms with Gasteiger partial charge in [-0.1, -0.05) is 0 Å². The number of benzene rings is 1. The molecular weight excluding hydrogens is 284 g/mol. The second-order valence-corrected chi connectivity index (χ2v) is 5.74. The second-order valence-electron chi connectivity index (χ2n) is 4.01. The monoisotopic (exact) mass is 302 g/mol. The molecule has 0 saturated heterocycles. The quantitative estimate of drug-likeness (QED) is 0.480. The Morgan fingerprint density at radius 2 is 2.15 bits per heavy atom. The van der Waals surface area contributed by atoms with Crippen LogP contribution < -0.4 is 10.5 Å². The first kappa shape index (κ1) is 16.4. The lowest BCUT2D eigenvalue weighted by molar-refractivity contribution is 0.0692. The van der Waals surface area contributed by atoms with Gasteiger partial charge in [0.25, 0.3) is 0 Å². The summed E-state index contributed by atoms with van der Waals surface area (Å²) in [4.78, 5) is 10.8. The van der Waals surface area contributed by atoms with Crippen LogP contribution in [0.2, 0.25) is 0 Å². The molecule has 0 saturated carbocycles. The lowest BCUT2D eigenvalue weighted by Gasteiger charge is -2.10. The maximum atomic E-state index is 12.0. The minimum absolute atomic E-state index is 0.172. The molecule has 1 aromatic rings. The number of carboxylic acid groups (broad SMARTS) is 1. The fraction of sp³-hybridized carbons (Fsp3) is 0.417. The summed E-state index contributed by atoms with van der Waals surface area (Å²) in [6.45, 7) is 3.02. The molecule has 0 aliphatic rings. The zero-order chi connectivity index (χ0) is 15.2. The number of carbonyl (C=O) groups is 1. The Kier molecular flexibility index (Phi) is 5.93. The first-order valence-corrected chi connectivity index (χ1v) is 7.57. The molecule has 8 heteroatoms. The topological polar surface area (TPSA) is 119 Å². The van der Waals surface area contributed by atoms with Crippen LogP contribution in [-0.2, 0) is 14.8 Å². The van der Waals surface area contributed by atoms with Crippen LogP contribution in [0.15, 0.2) is 23.1 Å². The average Bonchev–Trinajstić information content (AvgIpc) is 2.38. The van der Waals surface area contributed by atoms with Gasteiger partial charge < -0.3 is 15.6 Å². The highest BCUT2D eigenvalue weighted by molar-refractivity contribution is 7.89. The zero-order valence-corrected chi connectivity index (χ0v) is 11.9. The number of anilines is 1. The van der Waals surface area contributed by atoms with E-state index in [0.717, 1.165) is 6.07 Å². The molecule has 0 heterocycles. The van der Waals surface area contributed by atoms with Gasteiger partial charge in [0.2, 0.25) is 10.0 Å². The number of ether oxygens (including phenoxy) is 1. The standard InChI is InChI=1S/C12H18N2O5S/c1-2-19-7-3-6-14-20(17,18)11-5-4-9(13)8-10(11)12(15)16/h4-5,8,14H,2-3,6-7,13H2,1H3,(H,15,16). The van der Waals surface area contributed by atoms with Gasteiger partial charge in [0, 0.05) is 25.4 Å². The summed E-state index contributed by atoms with van der Waals surface area (Å²) in [5.74, 6) is -1.34. The molecule has 0 spiro atoms. The first-order chi connectivity index (χ1) is 9.38. The lowest BCUT2D eigenvalue weighted by atomic mass is 10.2. The van der Waals surface area contributed by atoms with Crippen LogP contribution in [0, 0.1) is 0 Å². The van der Waals surface area contributed by atoms with E-state index in [9.17, 15) is 13.2 Å². The Morgan fingerprint density at radius 3 is 2.75 bits per heavy atom. The predicted molar refractivity (Wildman–Crippen MR) is 74.1 cm³/mol. The highest BCUT2D eigenvalue weighted by Crippen LogP contribution is 2.18. The molecule has 0 aliphatic carbocycles. The van der Waals surface area contributed by atoms with Gasteiger partial charge in [-0.2, -0.15) is 0 Å². The van der Waals surface area contributed by atoms with Crippen LogP contribution >= 0.6 is 0 Å². The molecule has 4 N–H and O–H groups in total. The molecule has 20 heavy (non-hydrogen) atoms. The number of nitrogens with two attached hydrogens (primary N) is 1. The van der Waals surface area contributed by atoms with Crippen molar-refractivity contribution in [3.63, 3.8) is 0 Å². The molecule has 0 fully saturated rings. The number of hydrogen-bond donors (Lipinski definition) is 3. The third kappa shape index (κ3) is 4.48. The van der Waals surface area contributed by atoms with Gasteiger partial charge in [-0.3, -0.25) is 0 Å². The van der Waals surface area contributed by atoms with Crippen LogP contribution in [0.4, 0.5) is 5.69 Å². The number of nitrogen functional groups attached to an aromatic ring is 1. The normalized spacial score (nSPS) is 11.4. The van der Waals surface area contributed by atoms with Crippen molar-refractivity contribution < 1.29 is 23.1 Å². The lowest BCUT2D eigenvalue weighted by Crippen LogP contribution is -2.27. The molecule has 7 nitrogen and oxygen atoms in total. The van der Waals surface area contributed by atoms with E-state index in [4.69, 9.17) is 15.6 Å². The molecule has 1 rings (SSSR count). The van der Waals surface area contributed by atoms with Crippen molar-refractivity contribution in [2.75, 3.05) is 25.5 Å². The van der Waals surface area contributed by atoms with Gasteiger partial charge in [0.05, 0.1) is 10.5 Å². The Balaban J connectivity index is 2.84. The molecule has 0 atom stereocenters. The van der Waals surface area contributed by atoms with E-state index < -0.39 is 16.0 Å². The van der Waals surface area contributed by atoms with Crippen molar-refractivity contribution in [1.82, 2.24) is 4.72 Å². The van der Waals surface area contributed by atoms with E-state index in [2.05, 4.69) is 4.72 Å². The maximum absolute atomic E-state index is 12.0. The summed E-state index contributed by atoms with van der Waals surface area (Å²) in [6.07, 6.45) is 0.504. The molecule has 0 aromatic heterocycles. The van der Waals surface area contributed by atoms with Crippen molar-refractivity contribution in [1.29, 1.82) is 0 Å². The molecule has 1 aromatic carbocycles. The average molecular weight is 302 g/mol. The Bertz CT molecular complexity index is 571. The highest BCUT2D eigenvalue weighted by atomic mass is 32.2. The third-order valence-electron chi connectivity index (χ3n) is 2.49.